The van der Waals surface area contributed by atoms with Crippen LogP contribution in [0.25, 0.3) is 0 Å². The number of carbonyl (C=O) groups is 1. The van der Waals surface area contributed by atoms with Gasteiger partial charge in [-0.25, -0.2) is 0 Å². The van der Waals surface area contributed by atoms with Crippen LogP contribution in [0.3, 0.4) is 0 Å². The largest absolute Gasteiger partial charge is 0.481 e. The maximum atomic E-state index is 9.37. The molecule has 0 amide bonds. The topological polar surface area (TPSA) is 57.5 Å². The molecule has 0 aliphatic rings. The van der Waals surface area contributed by atoms with Crippen LogP contribution in [0.5, 0.6) is 0 Å². The highest BCUT2D eigenvalue weighted by molar-refractivity contribution is 5.66. The first-order valence-electron chi connectivity index (χ1n) is 5.57. The zero-order valence-electron chi connectivity index (χ0n) is 10.5. The van der Waals surface area contributed by atoms with Crippen molar-refractivity contribution in [2.24, 2.45) is 0 Å². The zero-order valence-corrected chi connectivity index (χ0v) is 10.5. The number of hydrogen-bond donors (Lipinski definition) is 2. The first-order valence-corrected chi connectivity index (χ1v) is 5.57. The molecule has 0 saturated heterocycles. The van der Waals surface area contributed by atoms with E-state index in [4.69, 9.17) is 10.2 Å². The molecule has 0 fully saturated rings. The van der Waals surface area contributed by atoms with E-state index in [9.17, 15) is 4.79 Å². The van der Waals surface area contributed by atoms with Crippen molar-refractivity contribution >= 4 is 5.97 Å². The standard InChI is InChI=1S/C10H18O.C3H6O2/c1-9(2)5-4-6-10(3)7-8-11;1-2-3(4)5/h11H,1,3-8H2,2H3;2H2,1H3,(H,4,5). The highest BCUT2D eigenvalue weighted by Crippen LogP contribution is 2.11. The lowest BCUT2D eigenvalue weighted by Crippen LogP contribution is -1.87. The molecule has 0 aromatic heterocycles. The summed E-state index contributed by atoms with van der Waals surface area (Å²) in [5.41, 5.74) is 2.37. The van der Waals surface area contributed by atoms with Crippen molar-refractivity contribution in [3.63, 3.8) is 0 Å². The lowest BCUT2D eigenvalue weighted by molar-refractivity contribution is -0.136. The van der Waals surface area contributed by atoms with Gasteiger partial charge in [-0.1, -0.05) is 24.6 Å². The average Bonchev–Trinajstić information content (AvgIpc) is 2.18. The van der Waals surface area contributed by atoms with Crippen LogP contribution in [0.4, 0.5) is 0 Å². The number of carboxylic acids is 1. The number of hydrogen-bond acceptors (Lipinski definition) is 2. The van der Waals surface area contributed by atoms with E-state index < -0.39 is 5.97 Å². The van der Waals surface area contributed by atoms with Crippen molar-refractivity contribution in [1.29, 1.82) is 0 Å². The quantitative estimate of drug-likeness (QED) is 0.658. The molecule has 3 heteroatoms. The number of allylic oxidation sites excluding steroid dienone is 1. The predicted molar refractivity (Wildman–Crippen MR) is 67.4 cm³/mol. The Hall–Kier alpha value is -1.09. The van der Waals surface area contributed by atoms with Gasteiger partial charge in [0.25, 0.3) is 0 Å². The molecule has 0 aromatic rings. The van der Waals surface area contributed by atoms with E-state index >= 15 is 0 Å². The Morgan fingerprint density at radius 1 is 1.19 bits per heavy atom. The molecule has 0 aliphatic carbocycles. The van der Waals surface area contributed by atoms with E-state index in [2.05, 4.69) is 13.2 Å². The Labute approximate surface area is 98.5 Å². The highest BCUT2D eigenvalue weighted by Gasteiger charge is 1.93. The SMILES string of the molecule is C=C(C)CCCC(=C)CCO.CCC(=O)O. The van der Waals surface area contributed by atoms with Crippen LogP contribution in [0.15, 0.2) is 24.3 Å². The summed E-state index contributed by atoms with van der Waals surface area (Å²) < 4.78 is 0. The molecule has 0 unspecified atom stereocenters. The van der Waals surface area contributed by atoms with E-state index in [1.165, 1.54) is 5.57 Å². The van der Waals surface area contributed by atoms with E-state index in [1.807, 2.05) is 6.92 Å². The fourth-order valence-corrected chi connectivity index (χ4v) is 0.923. The summed E-state index contributed by atoms with van der Waals surface area (Å²) in [6.45, 7) is 11.5. The van der Waals surface area contributed by atoms with E-state index in [0.717, 1.165) is 31.3 Å². The molecule has 0 spiro atoms. The van der Waals surface area contributed by atoms with Crippen molar-refractivity contribution in [3.05, 3.63) is 24.3 Å². The smallest absolute Gasteiger partial charge is 0.303 e. The van der Waals surface area contributed by atoms with Crippen LogP contribution in [-0.2, 0) is 4.79 Å². The van der Waals surface area contributed by atoms with Crippen LogP contribution >= 0.6 is 0 Å². The van der Waals surface area contributed by atoms with Gasteiger partial charge in [-0.3, -0.25) is 4.79 Å². The van der Waals surface area contributed by atoms with Crippen molar-refractivity contribution in [1.82, 2.24) is 0 Å². The van der Waals surface area contributed by atoms with Gasteiger partial charge in [-0.2, -0.15) is 0 Å². The summed E-state index contributed by atoms with van der Waals surface area (Å²) in [7, 11) is 0. The minimum Gasteiger partial charge on any atom is -0.481 e. The van der Waals surface area contributed by atoms with Crippen molar-refractivity contribution < 1.29 is 15.0 Å². The first-order chi connectivity index (χ1) is 7.43. The van der Waals surface area contributed by atoms with Gasteiger partial charge in [0.1, 0.15) is 0 Å². The lowest BCUT2D eigenvalue weighted by atomic mass is 10.1. The van der Waals surface area contributed by atoms with Gasteiger partial charge in [0.2, 0.25) is 0 Å². The maximum Gasteiger partial charge on any atom is 0.303 e. The molecule has 0 atom stereocenters. The summed E-state index contributed by atoms with van der Waals surface area (Å²) in [6, 6.07) is 0. The molecule has 0 rings (SSSR count). The Kier molecular flexibility index (Phi) is 13.0. The number of aliphatic hydroxyl groups is 1. The highest BCUT2D eigenvalue weighted by atomic mass is 16.4. The van der Waals surface area contributed by atoms with Gasteiger partial charge in [-0.15, -0.1) is 6.58 Å². The molecule has 16 heavy (non-hydrogen) atoms. The summed E-state index contributed by atoms with van der Waals surface area (Å²) >= 11 is 0. The maximum absolute atomic E-state index is 9.37. The average molecular weight is 228 g/mol. The summed E-state index contributed by atoms with van der Waals surface area (Å²) in [6.07, 6.45) is 4.18. The predicted octanol–water partition coefficient (Wildman–Crippen LogP) is 3.15. The van der Waals surface area contributed by atoms with Crippen molar-refractivity contribution in [2.75, 3.05) is 6.61 Å². The number of aliphatic carboxylic acids is 1. The molecule has 0 bridgehead atoms. The van der Waals surface area contributed by atoms with Gasteiger partial charge in [0, 0.05) is 13.0 Å². The Balaban J connectivity index is 0. The van der Waals surface area contributed by atoms with Gasteiger partial charge >= 0.3 is 5.97 Å². The van der Waals surface area contributed by atoms with E-state index in [0.29, 0.717) is 0 Å². The molecular weight excluding hydrogens is 204 g/mol. The summed E-state index contributed by atoms with van der Waals surface area (Å²) in [5, 5.41) is 16.3. The van der Waals surface area contributed by atoms with Gasteiger partial charge in [0.05, 0.1) is 0 Å². The fourth-order valence-electron chi connectivity index (χ4n) is 0.923. The molecule has 94 valence electrons. The van der Waals surface area contributed by atoms with Gasteiger partial charge in [0.15, 0.2) is 0 Å². The molecule has 0 saturated carbocycles. The van der Waals surface area contributed by atoms with E-state index in [1.54, 1.807) is 6.92 Å². The van der Waals surface area contributed by atoms with Crippen LogP contribution in [0.2, 0.25) is 0 Å². The second-order valence-electron chi connectivity index (χ2n) is 3.78. The van der Waals surface area contributed by atoms with Crippen molar-refractivity contribution in [3.8, 4) is 0 Å². The molecule has 0 aromatic carbocycles. The third kappa shape index (κ3) is 18.6. The summed E-state index contributed by atoms with van der Waals surface area (Å²) in [5.74, 6) is -0.745. The summed E-state index contributed by atoms with van der Waals surface area (Å²) in [4.78, 5) is 9.37. The molecule has 0 heterocycles. The monoisotopic (exact) mass is 228 g/mol. The molecule has 2 N–H and O–H groups in total. The van der Waals surface area contributed by atoms with Crippen LogP contribution < -0.4 is 0 Å². The first kappa shape index (κ1) is 17.3. The second kappa shape index (κ2) is 12.0. The Bertz CT molecular complexity index is 219. The Morgan fingerprint density at radius 2 is 1.69 bits per heavy atom. The van der Waals surface area contributed by atoms with Crippen LogP contribution in [-0.4, -0.2) is 22.8 Å². The molecule has 0 aliphatic heterocycles. The molecule has 3 nitrogen and oxygen atoms in total. The van der Waals surface area contributed by atoms with Crippen molar-refractivity contribution in [2.45, 2.75) is 46.0 Å². The van der Waals surface area contributed by atoms with Gasteiger partial charge < -0.3 is 10.2 Å². The Morgan fingerprint density at radius 3 is 2.00 bits per heavy atom. The number of aliphatic hydroxyl groups excluding tert-OH is 1. The number of rotatable bonds is 7. The minimum absolute atomic E-state index is 0.222. The molecular formula is C13H24O3. The normalized spacial score (nSPS) is 8.94. The minimum atomic E-state index is -0.745. The van der Waals surface area contributed by atoms with Gasteiger partial charge in [-0.05, 0) is 32.6 Å². The lowest BCUT2D eigenvalue weighted by Gasteiger charge is -2.02. The van der Waals surface area contributed by atoms with E-state index in [-0.39, 0.29) is 13.0 Å². The second-order valence-corrected chi connectivity index (χ2v) is 3.78. The van der Waals surface area contributed by atoms with Crippen LogP contribution in [0, 0.1) is 0 Å². The third-order valence-electron chi connectivity index (χ3n) is 1.90. The number of carboxylic acid groups (broad SMARTS) is 1. The van der Waals surface area contributed by atoms with Crippen LogP contribution in [0.1, 0.15) is 46.0 Å². The zero-order chi connectivity index (χ0) is 13.0. The molecule has 0 radical (unpaired) electrons. The fraction of sp³-hybridized carbons (Fsp3) is 0.615. The third-order valence-corrected chi connectivity index (χ3v) is 1.90.